The van der Waals surface area contributed by atoms with Crippen molar-refractivity contribution in [1.29, 1.82) is 0 Å². The Morgan fingerprint density at radius 1 is 1.29 bits per heavy atom. The first-order valence-corrected chi connectivity index (χ1v) is 7.89. The Morgan fingerprint density at radius 3 is 2.54 bits per heavy atom. The summed E-state index contributed by atoms with van der Waals surface area (Å²) in [6.07, 6.45) is 2.00. The number of aryl methyl sites for hydroxylation is 1. The van der Waals surface area contributed by atoms with E-state index in [4.69, 9.17) is 4.52 Å². The van der Waals surface area contributed by atoms with Crippen LogP contribution in [-0.2, 0) is 6.54 Å². The van der Waals surface area contributed by atoms with Crippen molar-refractivity contribution in [2.75, 3.05) is 12.4 Å². The summed E-state index contributed by atoms with van der Waals surface area (Å²) >= 11 is 0. The van der Waals surface area contributed by atoms with Crippen molar-refractivity contribution in [3.05, 3.63) is 47.2 Å². The summed E-state index contributed by atoms with van der Waals surface area (Å²) in [4.78, 5) is 25.9. The Morgan fingerprint density at radius 2 is 2.00 bits per heavy atom. The molecule has 7 heteroatoms. The fraction of sp³-hybridized carbons (Fsp3) is 0.353. The van der Waals surface area contributed by atoms with Crippen LogP contribution in [0.3, 0.4) is 0 Å². The molecule has 1 heterocycles. The van der Waals surface area contributed by atoms with Crippen molar-refractivity contribution < 1.29 is 14.1 Å². The molecule has 24 heavy (non-hydrogen) atoms. The molecule has 3 amide bonds. The van der Waals surface area contributed by atoms with Gasteiger partial charge in [-0.15, -0.1) is 0 Å². The van der Waals surface area contributed by atoms with Gasteiger partial charge in [0.2, 0.25) is 0 Å². The fourth-order valence-corrected chi connectivity index (χ4v) is 2.46. The molecule has 1 aromatic carbocycles. The number of carbonyl (C=O) groups is 2. The lowest BCUT2D eigenvalue weighted by Gasteiger charge is -2.22. The van der Waals surface area contributed by atoms with Gasteiger partial charge in [0.25, 0.3) is 5.91 Å². The maximum Gasteiger partial charge on any atom is 0.323 e. The molecule has 0 saturated heterocycles. The van der Waals surface area contributed by atoms with Crippen LogP contribution in [0.1, 0.15) is 34.5 Å². The number of hydrogen-bond acceptors (Lipinski definition) is 4. The number of carbonyl (C=O) groups excluding carboxylic acids is 2. The molecule has 1 fully saturated rings. The highest BCUT2D eigenvalue weighted by Crippen LogP contribution is 2.29. The Balaban J connectivity index is 1.67. The van der Waals surface area contributed by atoms with Gasteiger partial charge in [-0.1, -0.05) is 17.3 Å². The van der Waals surface area contributed by atoms with Gasteiger partial charge >= 0.3 is 6.03 Å². The second-order valence-electron chi connectivity index (χ2n) is 5.89. The van der Waals surface area contributed by atoms with Crippen molar-refractivity contribution in [2.45, 2.75) is 32.4 Å². The van der Waals surface area contributed by atoms with E-state index in [1.165, 1.54) is 0 Å². The van der Waals surface area contributed by atoms with Crippen molar-refractivity contribution in [1.82, 2.24) is 15.4 Å². The third kappa shape index (κ3) is 3.73. The van der Waals surface area contributed by atoms with Gasteiger partial charge in [-0.05, 0) is 37.5 Å². The van der Waals surface area contributed by atoms with Crippen molar-refractivity contribution in [3.63, 3.8) is 0 Å². The second kappa shape index (κ2) is 6.74. The van der Waals surface area contributed by atoms with E-state index < -0.39 is 0 Å². The van der Waals surface area contributed by atoms with E-state index >= 15 is 0 Å². The number of benzene rings is 1. The lowest BCUT2D eigenvalue weighted by molar-refractivity contribution is 0.0963. The summed E-state index contributed by atoms with van der Waals surface area (Å²) in [7, 11) is 1.60. The summed E-state index contributed by atoms with van der Waals surface area (Å²) in [6, 6.07) is 9.00. The van der Waals surface area contributed by atoms with Crippen molar-refractivity contribution in [3.8, 4) is 0 Å². The molecule has 1 aliphatic carbocycles. The molecular formula is C17H20N4O3. The zero-order chi connectivity index (χ0) is 17.1. The van der Waals surface area contributed by atoms with Crippen molar-refractivity contribution >= 4 is 17.8 Å². The first-order chi connectivity index (χ1) is 11.6. The van der Waals surface area contributed by atoms with E-state index in [9.17, 15) is 9.59 Å². The molecule has 0 unspecified atom stereocenters. The van der Waals surface area contributed by atoms with Crippen LogP contribution >= 0.6 is 0 Å². The zero-order valence-corrected chi connectivity index (χ0v) is 13.7. The van der Waals surface area contributed by atoms with E-state index in [1.807, 2.05) is 12.1 Å². The Hall–Kier alpha value is -2.83. The molecule has 0 atom stereocenters. The normalized spacial score (nSPS) is 13.4. The molecule has 3 rings (SSSR count). The number of amides is 3. The molecule has 2 N–H and O–H groups in total. The second-order valence-corrected chi connectivity index (χ2v) is 5.89. The molecule has 1 saturated carbocycles. The maximum atomic E-state index is 12.5. The topological polar surface area (TPSA) is 87.5 Å². The predicted molar refractivity (Wildman–Crippen MR) is 88.7 cm³/mol. The smallest absolute Gasteiger partial charge is 0.323 e. The van der Waals surface area contributed by atoms with Crippen LogP contribution < -0.4 is 10.6 Å². The van der Waals surface area contributed by atoms with Gasteiger partial charge in [-0.2, -0.15) is 0 Å². The Labute approximate surface area is 140 Å². The molecular weight excluding hydrogens is 308 g/mol. The van der Waals surface area contributed by atoms with Gasteiger partial charge in [0.1, 0.15) is 5.76 Å². The number of urea groups is 1. The molecule has 2 aromatic rings. The van der Waals surface area contributed by atoms with Gasteiger partial charge in [-0.25, -0.2) is 4.79 Å². The number of aromatic nitrogens is 1. The van der Waals surface area contributed by atoms with Crippen molar-refractivity contribution in [2.24, 2.45) is 0 Å². The number of rotatable bonds is 5. The van der Waals surface area contributed by atoms with Crippen LogP contribution in [0.5, 0.6) is 0 Å². The number of hydrogen-bond donors (Lipinski definition) is 2. The third-order valence-corrected chi connectivity index (χ3v) is 3.91. The zero-order valence-electron chi connectivity index (χ0n) is 13.7. The molecule has 7 nitrogen and oxygen atoms in total. The largest absolute Gasteiger partial charge is 0.360 e. The summed E-state index contributed by atoms with van der Waals surface area (Å²) in [5.41, 5.74) is 1.57. The third-order valence-electron chi connectivity index (χ3n) is 3.91. The standard InChI is InChI=1S/C17H20N4O3/c1-11-9-15(20-24-11)19-17(23)21(14-7-8-14)10-12-3-5-13(6-4-12)16(22)18-2/h3-6,9,14H,7-8,10H2,1-2H3,(H,18,22)(H,19,20,23). The van der Waals surface area contributed by atoms with Gasteiger partial charge in [0, 0.05) is 31.3 Å². The summed E-state index contributed by atoms with van der Waals surface area (Å²) < 4.78 is 4.96. The van der Waals surface area contributed by atoms with Crippen LogP contribution in [-0.4, -0.2) is 35.1 Å². The summed E-state index contributed by atoms with van der Waals surface area (Å²) in [6.45, 7) is 2.26. The molecule has 0 bridgehead atoms. The van der Waals surface area contributed by atoms with E-state index in [0.717, 1.165) is 18.4 Å². The van der Waals surface area contributed by atoms with Gasteiger partial charge < -0.3 is 14.7 Å². The molecule has 0 radical (unpaired) electrons. The van der Waals surface area contributed by atoms with Crippen LogP contribution in [0.25, 0.3) is 0 Å². The van der Waals surface area contributed by atoms with Crippen LogP contribution in [0, 0.1) is 6.92 Å². The minimum Gasteiger partial charge on any atom is -0.360 e. The maximum absolute atomic E-state index is 12.5. The number of nitrogens with one attached hydrogen (secondary N) is 2. The fourth-order valence-electron chi connectivity index (χ4n) is 2.46. The molecule has 1 aromatic heterocycles. The number of anilines is 1. The van der Waals surface area contributed by atoms with Gasteiger partial charge in [0.05, 0.1) is 0 Å². The first-order valence-electron chi connectivity index (χ1n) is 7.89. The summed E-state index contributed by atoms with van der Waals surface area (Å²) in [5.74, 6) is 0.936. The molecule has 1 aliphatic rings. The van der Waals surface area contributed by atoms with E-state index in [1.54, 1.807) is 37.1 Å². The minimum atomic E-state index is -0.193. The number of nitrogens with zero attached hydrogens (tertiary/aromatic N) is 2. The van der Waals surface area contributed by atoms with E-state index in [2.05, 4.69) is 15.8 Å². The highest BCUT2D eigenvalue weighted by Gasteiger charge is 2.33. The van der Waals surface area contributed by atoms with E-state index in [0.29, 0.717) is 23.7 Å². The van der Waals surface area contributed by atoms with E-state index in [-0.39, 0.29) is 18.0 Å². The van der Waals surface area contributed by atoms with Gasteiger partial charge in [0.15, 0.2) is 5.82 Å². The Bertz CT molecular complexity index is 735. The van der Waals surface area contributed by atoms with Crippen LogP contribution in [0.15, 0.2) is 34.9 Å². The quantitative estimate of drug-likeness (QED) is 0.883. The van der Waals surface area contributed by atoms with Crippen LogP contribution in [0.4, 0.5) is 10.6 Å². The van der Waals surface area contributed by atoms with Gasteiger partial charge in [-0.3, -0.25) is 10.1 Å². The summed E-state index contributed by atoms with van der Waals surface area (Å²) in [5, 5.41) is 9.14. The molecule has 0 spiro atoms. The highest BCUT2D eigenvalue weighted by molar-refractivity contribution is 5.94. The monoisotopic (exact) mass is 328 g/mol. The molecule has 0 aliphatic heterocycles. The minimum absolute atomic E-state index is 0.125. The SMILES string of the molecule is CNC(=O)c1ccc(CN(C(=O)Nc2cc(C)on2)C2CC2)cc1. The highest BCUT2D eigenvalue weighted by atomic mass is 16.5. The molecule has 126 valence electrons. The average Bonchev–Trinajstić information content (AvgIpc) is 3.35. The lowest BCUT2D eigenvalue weighted by Crippen LogP contribution is -2.36. The first kappa shape index (κ1) is 16.0. The Kier molecular flexibility index (Phi) is 4.50. The predicted octanol–water partition coefficient (Wildman–Crippen LogP) is 2.54. The lowest BCUT2D eigenvalue weighted by atomic mass is 10.1. The van der Waals surface area contributed by atoms with Crippen LogP contribution in [0.2, 0.25) is 0 Å². The average molecular weight is 328 g/mol.